The van der Waals surface area contributed by atoms with Gasteiger partial charge in [-0.15, -0.1) is 0 Å². The van der Waals surface area contributed by atoms with Crippen LogP contribution in [0, 0.1) is 5.92 Å². The van der Waals surface area contributed by atoms with Crippen molar-refractivity contribution < 1.29 is 5.11 Å². The quantitative estimate of drug-likeness (QED) is 0.494. The summed E-state index contributed by atoms with van der Waals surface area (Å²) in [4.78, 5) is 0. The van der Waals surface area contributed by atoms with E-state index in [1.807, 2.05) is 13.8 Å². The van der Waals surface area contributed by atoms with Gasteiger partial charge in [-0.05, 0) is 12.3 Å². The van der Waals surface area contributed by atoms with Crippen LogP contribution in [0.25, 0.3) is 0 Å². The smallest absolute Gasteiger partial charge is 0.102 e. The van der Waals surface area contributed by atoms with Crippen molar-refractivity contribution in [3.05, 3.63) is 0 Å². The Kier molecular flexibility index (Phi) is 2.96. The lowest BCUT2D eigenvalue weighted by Gasteiger charge is -2.04. The van der Waals surface area contributed by atoms with Gasteiger partial charge in [-0.25, -0.2) is 0 Å². The molecule has 0 aromatic heterocycles. The molecule has 7 heavy (non-hydrogen) atoms. The molecule has 2 nitrogen and oxygen atoms in total. The third kappa shape index (κ3) is 5.92. The number of aliphatic hydroxyl groups is 1. The summed E-state index contributed by atoms with van der Waals surface area (Å²) in [6.45, 7) is 4.05. The van der Waals surface area contributed by atoms with Crippen LogP contribution in [0.1, 0.15) is 20.3 Å². The van der Waals surface area contributed by atoms with Crippen molar-refractivity contribution in [3.63, 3.8) is 0 Å². The number of rotatable bonds is 2. The largest absolute Gasteiger partial charge is 0.379 e. The highest BCUT2D eigenvalue weighted by Crippen LogP contribution is 1.98. The molecule has 44 valence electrons. The van der Waals surface area contributed by atoms with Gasteiger partial charge in [0.05, 0.1) is 0 Å². The van der Waals surface area contributed by atoms with Crippen LogP contribution < -0.4 is 5.73 Å². The van der Waals surface area contributed by atoms with E-state index in [1.54, 1.807) is 0 Å². The van der Waals surface area contributed by atoms with E-state index in [4.69, 9.17) is 10.8 Å². The number of nitrogens with two attached hydrogens (primary N) is 1. The average molecular weight is 103 g/mol. The molecular formula is C5H13NO. The fourth-order valence-corrected chi connectivity index (χ4v) is 0.483. The molecular weight excluding hydrogens is 90.1 g/mol. The Bertz CT molecular complexity index is 37.3. The second-order valence-electron chi connectivity index (χ2n) is 2.20. The maximum absolute atomic E-state index is 8.50. The highest BCUT2D eigenvalue weighted by molar-refractivity contribution is 4.47. The first-order valence-electron chi connectivity index (χ1n) is 2.56. The van der Waals surface area contributed by atoms with Gasteiger partial charge in [0, 0.05) is 0 Å². The summed E-state index contributed by atoms with van der Waals surface area (Å²) >= 11 is 0. The van der Waals surface area contributed by atoms with E-state index in [1.165, 1.54) is 0 Å². The fourth-order valence-electron chi connectivity index (χ4n) is 0.483. The highest BCUT2D eigenvalue weighted by atomic mass is 16.3. The Morgan fingerprint density at radius 1 is 1.57 bits per heavy atom. The first-order chi connectivity index (χ1) is 3.13. The van der Waals surface area contributed by atoms with E-state index in [9.17, 15) is 0 Å². The van der Waals surface area contributed by atoms with Gasteiger partial charge in [-0.1, -0.05) is 13.8 Å². The van der Waals surface area contributed by atoms with Gasteiger partial charge in [-0.3, -0.25) is 0 Å². The zero-order valence-corrected chi connectivity index (χ0v) is 4.89. The average Bonchev–Trinajstić information content (AvgIpc) is 1.27. The summed E-state index contributed by atoms with van der Waals surface area (Å²) in [5.74, 6) is 0.500. The number of hydrogen-bond acceptors (Lipinski definition) is 2. The van der Waals surface area contributed by atoms with Crippen molar-refractivity contribution >= 4 is 0 Å². The first-order valence-corrected chi connectivity index (χ1v) is 2.56. The molecule has 0 bridgehead atoms. The Balaban J connectivity index is 2.95. The summed E-state index contributed by atoms with van der Waals surface area (Å²) in [6.07, 6.45) is 0.0694. The summed E-state index contributed by atoms with van der Waals surface area (Å²) in [7, 11) is 0. The molecule has 2 heteroatoms. The molecule has 0 aliphatic heterocycles. The third-order valence-corrected chi connectivity index (χ3v) is 0.713. The molecule has 0 aliphatic carbocycles. The van der Waals surface area contributed by atoms with Crippen molar-refractivity contribution in [2.45, 2.75) is 26.5 Å². The Morgan fingerprint density at radius 3 is 2.00 bits per heavy atom. The Morgan fingerprint density at radius 2 is 2.00 bits per heavy atom. The van der Waals surface area contributed by atoms with Gasteiger partial charge in [0.15, 0.2) is 0 Å². The predicted molar refractivity (Wildman–Crippen MR) is 29.6 cm³/mol. The maximum Gasteiger partial charge on any atom is 0.102 e. The van der Waals surface area contributed by atoms with Crippen molar-refractivity contribution in [2.24, 2.45) is 11.7 Å². The molecule has 0 heterocycles. The molecule has 0 aromatic carbocycles. The fraction of sp³-hybridized carbons (Fsp3) is 1.00. The number of aliphatic hydroxyl groups excluding tert-OH is 1. The molecule has 0 fully saturated rings. The minimum absolute atomic E-state index is 0.500. The highest BCUT2D eigenvalue weighted by Gasteiger charge is 1.97. The van der Waals surface area contributed by atoms with Crippen molar-refractivity contribution in [3.8, 4) is 0 Å². The zero-order chi connectivity index (χ0) is 5.86. The minimum atomic E-state index is -0.625. The summed E-state index contributed by atoms with van der Waals surface area (Å²) < 4.78 is 0. The maximum atomic E-state index is 8.50. The van der Waals surface area contributed by atoms with Crippen molar-refractivity contribution in [1.29, 1.82) is 0 Å². The van der Waals surface area contributed by atoms with E-state index in [0.717, 1.165) is 0 Å². The van der Waals surface area contributed by atoms with Crippen molar-refractivity contribution in [2.75, 3.05) is 0 Å². The number of hydrogen-bond donors (Lipinski definition) is 2. The van der Waals surface area contributed by atoms with Crippen LogP contribution in [-0.4, -0.2) is 11.3 Å². The predicted octanol–water partition coefficient (Wildman–Crippen LogP) is 0.310. The SMILES string of the molecule is CC(C)C[C@@H](N)O. The van der Waals surface area contributed by atoms with E-state index in [0.29, 0.717) is 12.3 Å². The van der Waals surface area contributed by atoms with Gasteiger partial charge in [-0.2, -0.15) is 0 Å². The third-order valence-electron chi connectivity index (χ3n) is 0.713. The Hall–Kier alpha value is -0.0800. The topological polar surface area (TPSA) is 46.2 Å². The van der Waals surface area contributed by atoms with Crippen LogP contribution in [0.15, 0.2) is 0 Å². The molecule has 0 radical (unpaired) electrons. The molecule has 0 rings (SSSR count). The lowest BCUT2D eigenvalue weighted by Crippen LogP contribution is -2.20. The van der Waals surface area contributed by atoms with E-state index in [-0.39, 0.29) is 0 Å². The molecule has 0 unspecified atom stereocenters. The van der Waals surface area contributed by atoms with Crippen LogP contribution in [0.5, 0.6) is 0 Å². The minimum Gasteiger partial charge on any atom is -0.379 e. The van der Waals surface area contributed by atoms with Gasteiger partial charge < -0.3 is 10.8 Å². The molecule has 1 atom stereocenters. The van der Waals surface area contributed by atoms with Crippen LogP contribution >= 0.6 is 0 Å². The normalized spacial score (nSPS) is 15.0. The molecule has 0 aromatic rings. The Labute approximate surface area is 44.3 Å². The molecule has 0 amide bonds. The van der Waals surface area contributed by atoms with Crippen LogP contribution in [-0.2, 0) is 0 Å². The lowest BCUT2D eigenvalue weighted by molar-refractivity contribution is 0.156. The summed E-state index contributed by atoms with van der Waals surface area (Å²) in [5, 5.41) is 8.50. The summed E-state index contributed by atoms with van der Waals surface area (Å²) in [5.41, 5.74) is 5.05. The summed E-state index contributed by atoms with van der Waals surface area (Å²) in [6, 6.07) is 0. The molecule has 0 saturated heterocycles. The molecule has 0 spiro atoms. The van der Waals surface area contributed by atoms with E-state index < -0.39 is 6.23 Å². The zero-order valence-electron chi connectivity index (χ0n) is 4.89. The van der Waals surface area contributed by atoms with Gasteiger partial charge in [0.2, 0.25) is 0 Å². The van der Waals surface area contributed by atoms with Gasteiger partial charge in [0.25, 0.3) is 0 Å². The molecule has 0 saturated carbocycles. The van der Waals surface area contributed by atoms with E-state index >= 15 is 0 Å². The first kappa shape index (κ1) is 6.92. The van der Waals surface area contributed by atoms with Crippen molar-refractivity contribution in [1.82, 2.24) is 0 Å². The van der Waals surface area contributed by atoms with Gasteiger partial charge in [0.1, 0.15) is 6.23 Å². The molecule has 3 N–H and O–H groups in total. The second kappa shape index (κ2) is 2.99. The second-order valence-corrected chi connectivity index (χ2v) is 2.20. The van der Waals surface area contributed by atoms with Crippen LogP contribution in [0.3, 0.4) is 0 Å². The molecule has 0 aliphatic rings. The van der Waals surface area contributed by atoms with Crippen LogP contribution in [0.4, 0.5) is 0 Å². The van der Waals surface area contributed by atoms with E-state index in [2.05, 4.69) is 0 Å². The van der Waals surface area contributed by atoms with Gasteiger partial charge >= 0.3 is 0 Å². The lowest BCUT2D eigenvalue weighted by atomic mass is 10.1. The van der Waals surface area contributed by atoms with Crippen LogP contribution in [0.2, 0.25) is 0 Å². The standard InChI is InChI=1S/C5H13NO/c1-4(2)3-5(6)7/h4-5,7H,3,6H2,1-2H3/t5-/m0/s1. The monoisotopic (exact) mass is 103 g/mol.